The van der Waals surface area contributed by atoms with E-state index in [2.05, 4.69) is 28.3 Å². The molecule has 3 heteroatoms. The largest absolute Gasteiger partial charge is 0.366 e. The van der Waals surface area contributed by atoms with Crippen LogP contribution in [0, 0.1) is 0 Å². The quantitative estimate of drug-likeness (QED) is 0.848. The molecule has 1 N–H and O–H groups in total. The molecule has 0 saturated carbocycles. The van der Waals surface area contributed by atoms with Crippen molar-refractivity contribution in [3.05, 3.63) is 54.0 Å². The average Bonchev–Trinajstić information content (AvgIpc) is 2.38. The van der Waals surface area contributed by atoms with E-state index in [4.69, 9.17) is 0 Å². The second kappa shape index (κ2) is 5.26. The lowest BCUT2D eigenvalue weighted by Gasteiger charge is -2.05. The van der Waals surface area contributed by atoms with Gasteiger partial charge in [0, 0.05) is 25.1 Å². The number of anilines is 1. The minimum atomic E-state index is 0.756. The van der Waals surface area contributed by atoms with Gasteiger partial charge in [-0.15, -0.1) is 0 Å². The van der Waals surface area contributed by atoms with Gasteiger partial charge in [-0.25, -0.2) is 4.98 Å². The number of nitrogens with one attached hydrogen (secondary N) is 1. The van der Waals surface area contributed by atoms with E-state index in [1.807, 2.05) is 30.6 Å². The van der Waals surface area contributed by atoms with Crippen molar-refractivity contribution in [2.24, 2.45) is 0 Å². The molecule has 2 rings (SSSR count). The van der Waals surface area contributed by atoms with Gasteiger partial charge in [0.2, 0.25) is 0 Å². The molecule has 16 heavy (non-hydrogen) atoms. The molecule has 0 aliphatic carbocycles. The number of aryl methyl sites for hydroxylation is 1. The van der Waals surface area contributed by atoms with Crippen LogP contribution >= 0.6 is 0 Å². The van der Waals surface area contributed by atoms with E-state index in [1.165, 1.54) is 5.56 Å². The van der Waals surface area contributed by atoms with E-state index in [0.29, 0.717) is 0 Å². The average molecular weight is 213 g/mol. The molecule has 0 aliphatic heterocycles. The maximum Gasteiger partial charge on any atom is 0.126 e. The Morgan fingerprint density at radius 3 is 2.69 bits per heavy atom. The molecule has 0 saturated heterocycles. The topological polar surface area (TPSA) is 37.8 Å². The monoisotopic (exact) mass is 213 g/mol. The molecule has 0 atom stereocenters. The van der Waals surface area contributed by atoms with Crippen molar-refractivity contribution < 1.29 is 0 Å². The summed E-state index contributed by atoms with van der Waals surface area (Å²) in [6, 6.07) is 8.08. The fourth-order valence-corrected chi connectivity index (χ4v) is 1.43. The van der Waals surface area contributed by atoms with Gasteiger partial charge in [0.1, 0.15) is 5.82 Å². The van der Waals surface area contributed by atoms with E-state index in [-0.39, 0.29) is 0 Å². The van der Waals surface area contributed by atoms with Crippen LogP contribution in [0.2, 0.25) is 0 Å². The molecular weight excluding hydrogens is 198 g/mol. The van der Waals surface area contributed by atoms with E-state index in [0.717, 1.165) is 24.3 Å². The van der Waals surface area contributed by atoms with Crippen LogP contribution in [0.4, 0.5) is 5.82 Å². The van der Waals surface area contributed by atoms with Gasteiger partial charge in [-0.1, -0.05) is 19.1 Å². The first-order chi connectivity index (χ1) is 7.88. The second-order valence-electron chi connectivity index (χ2n) is 3.62. The lowest BCUT2D eigenvalue weighted by atomic mass is 10.2. The van der Waals surface area contributed by atoms with Crippen molar-refractivity contribution in [1.82, 2.24) is 9.97 Å². The van der Waals surface area contributed by atoms with E-state index in [1.54, 1.807) is 6.20 Å². The third-order valence-electron chi connectivity index (χ3n) is 2.43. The van der Waals surface area contributed by atoms with Gasteiger partial charge < -0.3 is 5.32 Å². The molecule has 2 aromatic heterocycles. The van der Waals surface area contributed by atoms with Crippen molar-refractivity contribution in [2.45, 2.75) is 19.9 Å². The number of hydrogen-bond acceptors (Lipinski definition) is 3. The Morgan fingerprint density at radius 2 is 2.06 bits per heavy atom. The standard InChI is InChI=1S/C13H15N3/c1-2-11-5-6-13(15-9-11)16-10-12-4-3-7-14-8-12/h3-9H,2,10H2,1H3,(H,15,16). The summed E-state index contributed by atoms with van der Waals surface area (Å²) in [5, 5.41) is 3.26. The highest BCUT2D eigenvalue weighted by Crippen LogP contribution is 2.07. The summed E-state index contributed by atoms with van der Waals surface area (Å²) in [5.41, 5.74) is 2.41. The summed E-state index contributed by atoms with van der Waals surface area (Å²) in [6.45, 7) is 2.88. The lowest BCUT2D eigenvalue weighted by Crippen LogP contribution is -2.01. The Balaban J connectivity index is 1.94. The highest BCUT2D eigenvalue weighted by atomic mass is 15.0. The van der Waals surface area contributed by atoms with E-state index < -0.39 is 0 Å². The van der Waals surface area contributed by atoms with Gasteiger partial charge in [-0.2, -0.15) is 0 Å². The van der Waals surface area contributed by atoms with Crippen LogP contribution in [0.15, 0.2) is 42.9 Å². The predicted molar refractivity (Wildman–Crippen MR) is 65.2 cm³/mol. The first-order valence-electron chi connectivity index (χ1n) is 5.46. The molecule has 3 nitrogen and oxygen atoms in total. The van der Waals surface area contributed by atoms with E-state index in [9.17, 15) is 0 Å². The second-order valence-corrected chi connectivity index (χ2v) is 3.62. The SMILES string of the molecule is CCc1ccc(NCc2cccnc2)nc1. The zero-order valence-corrected chi connectivity index (χ0v) is 9.35. The molecule has 0 aromatic carbocycles. The van der Waals surface area contributed by atoms with Crippen LogP contribution in [-0.2, 0) is 13.0 Å². The van der Waals surface area contributed by atoms with Gasteiger partial charge in [-0.3, -0.25) is 4.98 Å². The summed E-state index contributed by atoms with van der Waals surface area (Å²) in [6.07, 6.45) is 6.56. The van der Waals surface area contributed by atoms with Crippen molar-refractivity contribution in [2.75, 3.05) is 5.32 Å². The summed E-state index contributed by atoms with van der Waals surface area (Å²) in [7, 11) is 0. The van der Waals surface area contributed by atoms with Gasteiger partial charge in [0.25, 0.3) is 0 Å². The highest BCUT2D eigenvalue weighted by Gasteiger charge is 1.95. The molecule has 0 amide bonds. The Morgan fingerprint density at radius 1 is 1.12 bits per heavy atom. The third-order valence-corrected chi connectivity index (χ3v) is 2.43. The van der Waals surface area contributed by atoms with Crippen LogP contribution in [0.3, 0.4) is 0 Å². The van der Waals surface area contributed by atoms with Crippen LogP contribution in [-0.4, -0.2) is 9.97 Å². The lowest BCUT2D eigenvalue weighted by molar-refractivity contribution is 1.06. The van der Waals surface area contributed by atoms with Crippen LogP contribution < -0.4 is 5.32 Å². The van der Waals surface area contributed by atoms with Gasteiger partial charge in [0.05, 0.1) is 0 Å². The Kier molecular flexibility index (Phi) is 3.49. The van der Waals surface area contributed by atoms with E-state index >= 15 is 0 Å². The van der Waals surface area contributed by atoms with Gasteiger partial charge in [-0.05, 0) is 29.7 Å². The first-order valence-corrected chi connectivity index (χ1v) is 5.46. The van der Waals surface area contributed by atoms with Crippen molar-refractivity contribution in [1.29, 1.82) is 0 Å². The molecule has 0 bridgehead atoms. The summed E-state index contributed by atoms with van der Waals surface area (Å²) in [5.74, 6) is 0.904. The Labute approximate surface area is 95.6 Å². The van der Waals surface area contributed by atoms with Crippen molar-refractivity contribution >= 4 is 5.82 Å². The minimum Gasteiger partial charge on any atom is -0.366 e. The first kappa shape index (κ1) is 10.6. The summed E-state index contributed by atoms with van der Waals surface area (Å²) < 4.78 is 0. The highest BCUT2D eigenvalue weighted by molar-refractivity contribution is 5.36. The number of hydrogen-bond donors (Lipinski definition) is 1. The van der Waals surface area contributed by atoms with Crippen molar-refractivity contribution in [3.8, 4) is 0 Å². The zero-order valence-electron chi connectivity index (χ0n) is 9.35. The van der Waals surface area contributed by atoms with Crippen LogP contribution in [0.1, 0.15) is 18.1 Å². The van der Waals surface area contributed by atoms with Gasteiger partial charge in [0.15, 0.2) is 0 Å². The predicted octanol–water partition coefficient (Wildman–Crippen LogP) is 2.65. The number of nitrogens with zero attached hydrogens (tertiary/aromatic N) is 2. The molecular formula is C13H15N3. The fraction of sp³-hybridized carbons (Fsp3) is 0.231. The molecule has 0 fully saturated rings. The Hall–Kier alpha value is -1.90. The number of rotatable bonds is 4. The fourth-order valence-electron chi connectivity index (χ4n) is 1.43. The smallest absolute Gasteiger partial charge is 0.126 e. The summed E-state index contributed by atoms with van der Waals surface area (Å²) >= 11 is 0. The molecule has 0 aliphatic rings. The minimum absolute atomic E-state index is 0.756. The molecule has 0 radical (unpaired) electrons. The molecule has 0 unspecified atom stereocenters. The number of pyridine rings is 2. The normalized spacial score (nSPS) is 10.1. The van der Waals surface area contributed by atoms with Gasteiger partial charge >= 0.3 is 0 Å². The van der Waals surface area contributed by atoms with Crippen LogP contribution in [0.25, 0.3) is 0 Å². The Bertz CT molecular complexity index is 423. The number of aromatic nitrogens is 2. The summed E-state index contributed by atoms with van der Waals surface area (Å²) in [4.78, 5) is 8.40. The molecule has 2 heterocycles. The molecule has 82 valence electrons. The zero-order chi connectivity index (χ0) is 11.2. The van der Waals surface area contributed by atoms with Crippen molar-refractivity contribution in [3.63, 3.8) is 0 Å². The third kappa shape index (κ3) is 2.79. The maximum atomic E-state index is 4.33. The molecule has 0 spiro atoms. The maximum absolute atomic E-state index is 4.33. The van der Waals surface area contributed by atoms with Crippen LogP contribution in [0.5, 0.6) is 0 Å². The molecule has 2 aromatic rings.